The van der Waals surface area contributed by atoms with Crippen LogP contribution in [0.25, 0.3) is 0 Å². The van der Waals surface area contributed by atoms with Gasteiger partial charge in [-0.1, -0.05) is 6.07 Å². The van der Waals surface area contributed by atoms with Gasteiger partial charge in [-0.3, -0.25) is 4.79 Å². The third-order valence-corrected chi connectivity index (χ3v) is 3.05. The number of hydrogen-bond donors (Lipinski definition) is 1. The quantitative estimate of drug-likeness (QED) is 0.853. The summed E-state index contributed by atoms with van der Waals surface area (Å²) >= 11 is 0. The average Bonchev–Trinajstić information content (AvgIpc) is 2.54. The third-order valence-electron chi connectivity index (χ3n) is 3.05. The van der Waals surface area contributed by atoms with E-state index in [-0.39, 0.29) is 12.4 Å². The largest absolute Gasteiger partial charge is 0.573 e. The highest BCUT2D eigenvalue weighted by molar-refractivity contribution is 5.91. The maximum absolute atomic E-state index is 12.1. The van der Waals surface area contributed by atoms with Crippen molar-refractivity contribution in [2.75, 3.05) is 19.0 Å². The maximum Gasteiger partial charge on any atom is 0.573 e. The molecule has 0 fully saturated rings. The summed E-state index contributed by atoms with van der Waals surface area (Å²) in [4.78, 5) is 11.9. The Labute approximate surface area is 142 Å². The monoisotopic (exact) mass is 355 g/mol. The number of rotatable bonds is 6. The van der Waals surface area contributed by atoms with Crippen LogP contribution in [-0.4, -0.2) is 26.0 Å². The molecule has 2 aromatic rings. The molecule has 0 unspecified atom stereocenters. The van der Waals surface area contributed by atoms with Crippen LogP contribution in [0.1, 0.15) is 5.56 Å². The SMILES string of the molecule is COc1cc(C)ccc1OCC(=O)Nc1ccc(OC(F)(F)F)cc1. The van der Waals surface area contributed by atoms with Gasteiger partial charge in [0.05, 0.1) is 7.11 Å². The molecule has 25 heavy (non-hydrogen) atoms. The molecule has 0 bridgehead atoms. The van der Waals surface area contributed by atoms with E-state index >= 15 is 0 Å². The molecule has 0 spiro atoms. The van der Waals surface area contributed by atoms with Crippen LogP contribution in [0.2, 0.25) is 0 Å². The highest BCUT2D eigenvalue weighted by Crippen LogP contribution is 2.28. The lowest BCUT2D eigenvalue weighted by atomic mass is 10.2. The van der Waals surface area contributed by atoms with Crippen molar-refractivity contribution in [1.82, 2.24) is 0 Å². The summed E-state index contributed by atoms with van der Waals surface area (Å²) in [7, 11) is 1.49. The summed E-state index contributed by atoms with van der Waals surface area (Å²) in [6.45, 7) is 1.62. The highest BCUT2D eigenvalue weighted by atomic mass is 19.4. The fraction of sp³-hybridized carbons (Fsp3) is 0.235. The Kier molecular flexibility index (Phi) is 5.74. The van der Waals surface area contributed by atoms with Crippen LogP contribution < -0.4 is 19.5 Å². The number of aryl methyl sites for hydroxylation is 1. The first-order valence-corrected chi connectivity index (χ1v) is 7.20. The van der Waals surface area contributed by atoms with Crippen molar-refractivity contribution in [3.63, 3.8) is 0 Å². The Hall–Kier alpha value is -2.90. The van der Waals surface area contributed by atoms with Gasteiger partial charge in [-0.2, -0.15) is 0 Å². The summed E-state index contributed by atoms with van der Waals surface area (Å²) in [6, 6.07) is 10.1. The van der Waals surface area contributed by atoms with Crippen molar-refractivity contribution >= 4 is 11.6 Å². The van der Waals surface area contributed by atoms with E-state index in [4.69, 9.17) is 9.47 Å². The number of carbonyl (C=O) groups excluding carboxylic acids is 1. The van der Waals surface area contributed by atoms with Crippen LogP contribution in [0.15, 0.2) is 42.5 Å². The second-order valence-electron chi connectivity index (χ2n) is 5.06. The number of methoxy groups -OCH3 is 1. The molecule has 0 saturated heterocycles. The molecule has 0 aliphatic heterocycles. The Balaban J connectivity index is 1.90. The van der Waals surface area contributed by atoms with E-state index in [0.29, 0.717) is 17.2 Å². The van der Waals surface area contributed by atoms with Gasteiger partial charge in [0.25, 0.3) is 5.91 Å². The normalized spacial score (nSPS) is 10.9. The van der Waals surface area contributed by atoms with Gasteiger partial charge in [-0.25, -0.2) is 0 Å². The van der Waals surface area contributed by atoms with Gasteiger partial charge in [-0.15, -0.1) is 13.2 Å². The number of alkyl halides is 3. The van der Waals surface area contributed by atoms with Crippen molar-refractivity contribution in [3.8, 4) is 17.2 Å². The minimum absolute atomic E-state index is 0.278. The van der Waals surface area contributed by atoms with Crippen molar-refractivity contribution in [2.45, 2.75) is 13.3 Å². The standard InChI is InChI=1S/C17H16F3NO4/c1-11-3-8-14(15(9-11)23-2)24-10-16(22)21-12-4-6-13(7-5-12)25-17(18,19)20/h3-9H,10H2,1-2H3,(H,21,22). The van der Waals surface area contributed by atoms with Gasteiger partial charge in [0.15, 0.2) is 18.1 Å². The highest BCUT2D eigenvalue weighted by Gasteiger charge is 2.30. The molecule has 0 aromatic heterocycles. The molecule has 0 aliphatic carbocycles. The van der Waals surface area contributed by atoms with E-state index in [1.54, 1.807) is 12.1 Å². The molecule has 0 radical (unpaired) electrons. The summed E-state index contributed by atoms with van der Waals surface area (Å²) in [5.41, 5.74) is 1.30. The van der Waals surface area contributed by atoms with E-state index in [2.05, 4.69) is 10.1 Å². The van der Waals surface area contributed by atoms with Gasteiger partial charge in [-0.05, 0) is 48.9 Å². The summed E-state index contributed by atoms with van der Waals surface area (Å²) in [5.74, 6) is 0.0805. The first-order chi connectivity index (χ1) is 11.8. The Morgan fingerprint density at radius 2 is 1.76 bits per heavy atom. The number of amides is 1. The lowest BCUT2D eigenvalue weighted by Gasteiger charge is -2.12. The molecule has 0 aliphatic rings. The number of benzene rings is 2. The molecule has 1 N–H and O–H groups in total. The molecule has 8 heteroatoms. The van der Waals surface area contributed by atoms with E-state index in [1.165, 1.54) is 19.2 Å². The zero-order valence-electron chi connectivity index (χ0n) is 13.5. The second kappa shape index (κ2) is 7.78. The molecule has 1 amide bonds. The first-order valence-electron chi connectivity index (χ1n) is 7.20. The number of anilines is 1. The predicted molar refractivity (Wildman–Crippen MR) is 85.0 cm³/mol. The lowest BCUT2D eigenvalue weighted by Crippen LogP contribution is -2.20. The number of ether oxygens (including phenoxy) is 3. The van der Waals surface area contributed by atoms with E-state index in [0.717, 1.165) is 17.7 Å². The van der Waals surface area contributed by atoms with Gasteiger partial charge >= 0.3 is 6.36 Å². The van der Waals surface area contributed by atoms with Gasteiger partial charge < -0.3 is 19.5 Å². The topological polar surface area (TPSA) is 56.8 Å². The predicted octanol–water partition coefficient (Wildman–Crippen LogP) is 3.92. The van der Waals surface area contributed by atoms with Gasteiger partial charge in [0.1, 0.15) is 5.75 Å². The molecule has 2 aromatic carbocycles. The van der Waals surface area contributed by atoms with E-state index in [1.807, 2.05) is 13.0 Å². The number of hydrogen-bond acceptors (Lipinski definition) is 4. The minimum atomic E-state index is -4.76. The smallest absolute Gasteiger partial charge is 0.493 e. The zero-order chi connectivity index (χ0) is 18.4. The van der Waals surface area contributed by atoms with Crippen LogP contribution >= 0.6 is 0 Å². The Bertz CT molecular complexity index is 730. The molecule has 0 atom stereocenters. The van der Waals surface area contributed by atoms with Crippen LogP contribution in [-0.2, 0) is 4.79 Å². The summed E-state index contributed by atoms with van der Waals surface area (Å²) < 4.78 is 50.6. The molecule has 0 saturated carbocycles. The Morgan fingerprint density at radius 1 is 1.08 bits per heavy atom. The van der Waals surface area contributed by atoms with Crippen LogP contribution in [0.4, 0.5) is 18.9 Å². The fourth-order valence-corrected chi connectivity index (χ4v) is 1.97. The molecule has 0 heterocycles. The summed E-state index contributed by atoms with van der Waals surface area (Å²) in [6.07, 6.45) is -4.76. The van der Waals surface area contributed by atoms with Gasteiger partial charge in [0.2, 0.25) is 0 Å². The molecule has 5 nitrogen and oxygen atoms in total. The fourth-order valence-electron chi connectivity index (χ4n) is 1.97. The number of carbonyl (C=O) groups is 1. The van der Waals surface area contributed by atoms with E-state index in [9.17, 15) is 18.0 Å². The van der Waals surface area contributed by atoms with Crippen molar-refractivity contribution < 1.29 is 32.2 Å². The van der Waals surface area contributed by atoms with Crippen molar-refractivity contribution in [3.05, 3.63) is 48.0 Å². The van der Waals surface area contributed by atoms with Crippen LogP contribution in [0, 0.1) is 6.92 Å². The third kappa shape index (κ3) is 5.91. The van der Waals surface area contributed by atoms with Crippen LogP contribution in [0.5, 0.6) is 17.2 Å². The second-order valence-corrected chi connectivity index (χ2v) is 5.06. The molecule has 2 rings (SSSR count). The number of nitrogens with one attached hydrogen (secondary N) is 1. The van der Waals surface area contributed by atoms with E-state index < -0.39 is 12.3 Å². The lowest BCUT2D eigenvalue weighted by molar-refractivity contribution is -0.274. The number of halogens is 3. The minimum Gasteiger partial charge on any atom is -0.493 e. The maximum atomic E-state index is 12.1. The van der Waals surface area contributed by atoms with Gasteiger partial charge in [0, 0.05) is 5.69 Å². The average molecular weight is 355 g/mol. The Morgan fingerprint density at radius 3 is 2.36 bits per heavy atom. The van der Waals surface area contributed by atoms with Crippen molar-refractivity contribution in [2.24, 2.45) is 0 Å². The first kappa shape index (κ1) is 18.4. The molecular weight excluding hydrogens is 339 g/mol. The molecular formula is C17H16F3NO4. The zero-order valence-corrected chi connectivity index (χ0v) is 13.5. The van der Waals surface area contributed by atoms with Crippen LogP contribution in [0.3, 0.4) is 0 Å². The summed E-state index contributed by atoms with van der Waals surface area (Å²) in [5, 5.41) is 2.51. The molecule has 134 valence electrons. The van der Waals surface area contributed by atoms with Crippen molar-refractivity contribution in [1.29, 1.82) is 0 Å².